The number of rotatable bonds is 8. The van der Waals surface area contributed by atoms with E-state index < -0.39 is 0 Å². The smallest absolute Gasteiger partial charge is 0.0781 e. The van der Waals surface area contributed by atoms with Crippen LogP contribution in [0.3, 0.4) is 0 Å². The minimum atomic E-state index is 0.0417. The summed E-state index contributed by atoms with van der Waals surface area (Å²) in [6.45, 7) is 3.63. The van der Waals surface area contributed by atoms with Crippen molar-refractivity contribution in [3.63, 3.8) is 0 Å². The van der Waals surface area contributed by atoms with Gasteiger partial charge in [-0.3, -0.25) is 0 Å². The second-order valence-corrected chi connectivity index (χ2v) is 2.38. The molecule has 0 saturated carbocycles. The van der Waals surface area contributed by atoms with Crippen molar-refractivity contribution in [2.24, 2.45) is 0 Å². The maximum Gasteiger partial charge on any atom is 0.0781 e. The molecule has 0 aliphatic rings. The van der Waals surface area contributed by atoms with E-state index in [-0.39, 0.29) is 13.2 Å². The first-order valence-corrected chi connectivity index (χ1v) is 4.84. The molecule has 0 radical (unpaired) electrons. The van der Waals surface area contributed by atoms with Gasteiger partial charge in [0.1, 0.15) is 0 Å². The molecule has 0 aliphatic heterocycles. The van der Waals surface area contributed by atoms with Crippen molar-refractivity contribution in [2.45, 2.75) is 6.92 Å². The summed E-state index contributed by atoms with van der Waals surface area (Å²) in [5, 5.41) is 16.5. The summed E-state index contributed by atoms with van der Waals surface area (Å²) in [6, 6.07) is 0. The molecule has 0 unspecified atom stereocenters. The van der Waals surface area contributed by atoms with Crippen LogP contribution >= 0.6 is 0 Å². The van der Waals surface area contributed by atoms with Crippen molar-refractivity contribution < 1.29 is 24.4 Å². The summed E-state index contributed by atoms with van der Waals surface area (Å²) in [4.78, 5) is 0. The standard InChI is InChI=1S/C6H14O4.C4H8O/c7-1-3-9-5-6-10-4-2-8;1-3-4-5-2/h7-8H,1-6H2;3-4H,1-2H3. The fourth-order valence-electron chi connectivity index (χ4n) is 0.587. The van der Waals surface area contributed by atoms with E-state index in [1.165, 1.54) is 0 Å². The van der Waals surface area contributed by atoms with Gasteiger partial charge in [-0.15, -0.1) is 0 Å². The molecule has 0 rings (SSSR count). The zero-order valence-corrected chi connectivity index (χ0v) is 9.52. The maximum atomic E-state index is 8.26. The molecule has 2 N–H and O–H groups in total. The fraction of sp³-hybridized carbons (Fsp3) is 0.800. The Hall–Kier alpha value is -0.620. The van der Waals surface area contributed by atoms with Crippen molar-refractivity contribution in [1.82, 2.24) is 0 Å². The Labute approximate surface area is 91.3 Å². The predicted molar refractivity (Wildman–Crippen MR) is 57.6 cm³/mol. The Kier molecular flexibility index (Phi) is 21.3. The molecular formula is C10H22O5. The normalized spacial score (nSPS) is 9.87. The molecule has 92 valence electrons. The van der Waals surface area contributed by atoms with Crippen LogP contribution in [0.1, 0.15) is 6.92 Å². The average molecular weight is 222 g/mol. The SMILES string of the molecule is CC=COC.OCCOCCOCCO. The lowest BCUT2D eigenvalue weighted by atomic mass is 10.7. The number of methoxy groups -OCH3 is 1. The molecule has 5 heteroatoms. The maximum absolute atomic E-state index is 8.26. The predicted octanol–water partition coefficient (Wildman–Crippen LogP) is 0.171. The third-order valence-electron chi connectivity index (χ3n) is 1.12. The molecule has 0 spiro atoms. The van der Waals surface area contributed by atoms with E-state index in [1.807, 2.05) is 13.0 Å². The molecule has 0 bridgehead atoms. The molecule has 5 nitrogen and oxygen atoms in total. The Morgan fingerprint density at radius 1 is 0.933 bits per heavy atom. The van der Waals surface area contributed by atoms with E-state index in [0.717, 1.165) is 0 Å². The second-order valence-electron chi connectivity index (χ2n) is 2.38. The number of aliphatic hydroxyl groups is 2. The van der Waals surface area contributed by atoms with Gasteiger partial charge in [-0.05, 0) is 6.92 Å². The summed E-state index contributed by atoms with van der Waals surface area (Å²) in [6.07, 6.45) is 3.46. The van der Waals surface area contributed by atoms with Gasteiger partial charge in [-0.2, -0.15) is 0 Å². The van der Waals surface area contributed by atoms with E-state index in [0.29, 0.717) is 26.4 Å². The highest BCUT2D eigenvalue weighted by molar-refractivity contribution is 4.63. The summed E-state index contributed by atoms with van der Waals surface area (Å²) in [5.41, 5.74) is 0. The van der Waals surface area contributed by atoms with E-state index in [4.69, 9.17) is 19.7 Å². The Bertz CT molecular complexity index is 108. The average Bonchev–Trinajstić information content (AvgIpc) is 2.25. The highest BCUT2D eigenvalue weighted by Crippen LogP contribution is 1.76. The third kappa shape index (κ3) is 24.7. The highest BCUT2D eigenvalue weighted by Gasteiger charge is 1.86. The van der Waals surface area contributed by atoms with Gasteiger partial charge in [0.2, 0.25) is 0 Å². The summed E-state index contributed by atoms with van der Waals surface area (Å²) in [5.74, 6) is 0. The van der Waals surface area contributed by atoms with Crippen molar-refractivity contribution in [1.29, 1.82) is 0 Å². The number of allylic oxidation sites excluding steroid dienone is 1. The van der Waals surface area contributed by atoms with Gasteiger partial charge in [0.15, 0.2) is 0 Å². The molecule has 0 aromatic heterocycles. The lowest BCUT2D eigenvalue weighted by Gasteiger charge is -2.01. The van der Waals surface area contributed by atoms with Gasteiger partial charge in [-0.25, -0.2) is 0 Å². The van der Waals surface area contributed by atoms with E-state index in [2.05, 4.69) is 4.74 Å². The summed E-state index contributed by atoms with van der Waals surface area (Å²) in [7, 11) is 1.62. The first-order valence-electron chi connectivity index (χ1n) is 4.84. The van der Waals surface area contributed by atoms with Gasteiger partial charge in [0.25, 0.3) is 0 Å². The topological polar surface area (TPSA) is 68.2 Å². The molecule has 0 heterocycles. The van der Waals surface area contributed by atoms with Gasteiger partial charge in [0.05, 0.1) is 53.0 Å². The van der Waals surface area contributed by atoms with Crippen LogP contribution in [0.25, 0.3) is 0 Å². The largest absolute Gasteiger partial charge is 0.505 e. The molecule has 15 heavy (non-hydrogen) atoms. The highest BCUT2D eigenvalue weighted by atomic mass is 16.5. The molecule has 0 atom stereocenters. The van der Waals surface area contributed by atoms with Crippen molar-refractivity contribution >= 4 is 0 Å². The van der Waals surface area contributed by atoms with Crippen LogP contribution in [0.5, 0.6) is 0 Å². The Balaban J connectivity index is 0. The zero-order chi connectivity index (χ0) is 11.8. The van der Waals surface area contributed by atoms with Crippen LogP contribution in [0, 0.1) is 0 Å². The van der Waals surface area contributed by atoms with Gasteiger partial charge in [-0.1, -0.05) is 6.08 Å². The lowest BCUT2D eigenvalue weighted by Crippen LogP contribution is -2.09. The van der Waals surface area contributed by atoms with Crippen molar-refractivity contribution in [3.8, 4) is 0 Å². The van der Waals surface area contributed by atoms with Gasteiger partial charge < -0.3 is 24.4 Å². The molecule has 0 saturated heterocycles. The quantitative estimate of drug-likeness (QED) is 0.452. The van der Waals surface area contributed by atoms with Crippen LogP contribution in [0.15, 0.2) is 12.3 Å². The monoisotopic (exact) mass is 222 g/mol. The van der Waals surface area contributed by atoms with Crippen molar-refractivity contribution in [2.75, 3.05) is 46.8 Å². The number of hydrogen-bond acceptors (Lipinski definition) is 5. The fourth-order valence-corrected chi connectivity index (χ4v) is 0.587. The Morgan fingerprint density at radius 3 is 1.60 bits per heavy atom. The number of hydrogen-bond donors (Lipinski definition) is 2. The van der Waals surface area contributed by atoms with Gasteiger partial charge >= 0.3 is 0 Å². The van der Waals surface area contributed by atoms with Crippen LogP contribution < -0.4 is 0 Å². The van der Waals surface area contributed by atoms with Crippen LogP contribution in [-0.2, 0) is 14.2 Å². The molecule has 0 amide bonds. The summed E-state index contributed by atoms with van der Waals surface area (Å²) < 4.78 is 14.3. The number of ether oxygens (including phenoxy) is 3. The third-order valence-corrected chi connectivity index (χ3v) is 1.12. The first kappa shape index (κ1) is 16.8. The summed E-state index contributed by atoms with van der Waals surface area (Å²) >= 11 is 0. The minimum Gasteiger partial charge on any atom is -0.505 e. The van der Waals surface area contributed by atoms with Crippen LogP contribution in [0.4, 0.5) is 0 Å². The molecule has 0 aliphatic carbocycles. The van der Waals surface area contributed by atoms with Crippen LogP contribution in [-0.4, -0.2) is 57.0 Å². The van der Waals surface area contributed by atoms with Crippen LogP contribution in [0.2, 0.25) is 0 Å². The molecule has 0 aromatic rings. The Morgan fingerprint density at radius 2 is 1.40 bits per heavy atom. The first-order chi connectivity index (χ1) is 7.33. The lowest BCUT2D eigenvalue weighted by molar-refractivity contribution is 0.0222. The molecule has 0 fully saturated rings. The van der Waals surface area contributed by atoms with Gasteiger partial charge in [0, 0.05) is 0 Å². The minimum absolute atomic E-state index is 0.0417. The molecular weight excluding hydrogens is 200 g/mol. The zero-order valence-electron chi connectivity index (χ0n) is 9.52. The van der Waals surface area contributed by atoms with E-state index in [9.17, 15) is 0 Å². The second kappa shape index (κ2) is 19.0. The van der Waals surface area contributed by atoms with Crippen molar-refractivity contribution in [3.05, 3.63) is 12.3 Å². The number of aliphatic hydroxyl groups excluding tert-OH is 2. The molecule has 0 aromatic carbocycles. The van der Waals surface area contributed by atoms with E-state index >= 15 is 0 Å². The van der Waals surface area contributed by atoms with E-state index in [1.54, 1.807) is 13.4 Å².